The van der Waals surface area contributed by atoms with E-state index in [1.54, 1.807) is 0 Å². The number of urea groups is 1. The third-order valence-electron chi connectivity index (χ3n) is 5.53. The van der Waals surface area contributed by atoms with Crippen molar-refractivity contribution in [2.24, 2.45) is 11.3 Å². The Morgan fingerprint density at radius 1 is 1.26 bits per heavy atom. The quantitative estimate of drug-likeness (QED) is 0.877. The van der Waals surface area contributed by atoms with Gasteiger partial charge in [-0.25, -0.2) is 4.79 Å². The molecule has 1 aromatic carbocycles. The number of carbonyl (C=O) groups is 1. The molecule has 0 spiro atoms. The molecule has 0 bridgehead atoms. The van der Waals surface area contributed by atoms with E-state index < -0.39 is 0 Å². The van der Waals surface area contributed by atoms with E-state index in [0.717, 1.165) is 25.9 Å². The van der Waals surface area contributed by atoms with Gasteiger partial charge in [-0.1, -0.05) is 43.2 Å². The molecule has 1 heterocycles. The van der Waals surface area contributed by atoms with E-state index in [2.05, 4.69) is 35.6 Å². The van der Waals surface area contributed by atoms with Gasteiger partial charge in [0, 0.05) is 32.2 Å². The van der Waals surface area contributed by atoms with Crippen molar-refractivity contribution in [2.75, 3.05) is 26.2 Å². The fraction of sp³-hybridized carbons (Fsp3) is 0.632. The topological polar surface area (TPSA) is 52.6 Å². The van der Waals surface area contributed by atoms with Gasteiger partial charge in [0.15, 0.2) is 0 Å². The SMILES string of the molecule is O=C(NCC1(Cc2ccccc2)CCCC1)N1CCC(CO)C1. The fourth-order valence-corrected chi connectivity index (χ4v) is 4.11. The van der Waals surface area contributed by atoms with Gasteiger partial charge in [-0.3, -0.25) is 0 Å². The molecule has 1 atom stereocenters. The summed E-state index contributed by atoms with van der Waals surface area (Å²) in [6.45, 7) is 2.40. The van der Waals surface area contributed by atoms with Gasteiger partial charge in [0.1, 0.15) is 0 Å². The molecule has 4 nitrogen and oxygen atoms in total. The lowest BCUT2D eigenvalue weighted by molar-refractivity contribution is 0.189. The smallest absolute Gasteiger partial charge is 0.317 e. The highest BCUT2D eigenvalue weighted by Crippen LogP contribution is 2.40. The van der Waals surface area contributed by atoms with Crippen LogP contribution in [-0.4, -0.2) is 42.3 Å². The molecule has 1 aliphatic carbocycles. The van der Waals surface area contributed by atoms with Crippen molar-refractivity contribution >= 4 is 6.03 Å². The molecule has 1 aliphatic heterocycles. The van der Waals surface area contributed by atoms with Crippen LogP contribution in [0, 0.1) is 11.3 Å². The van der Waals surface area contributed by atoms with Crippen molar-refractivity contribution in [3.63, 3.8) is 0 Å². The Morgan fingerprint density at radius 2 is 2.00 bits per heavy atom. The normalized spacial score (nSPS) is 23.2. The van der Waals surface area contributed by atoms with Gasteiger partial charge in [0.05, 0.1) is 0 Å². The maximum atomic E-state index is 12.4. The molecule has 2 aliphatic rings. The number of aliphatic hydroxyl groups excluding tert-OH is 1. The minimum absolute atomic E-state index is 0.0419. The third kappa shape index (κ3) is 4.05. The van der Waals surface area contributed by atoms with Gasteiger partial charge < -0.3 is 15.3 Å². The number of benzene rings is 1. The Hall–Kier alpha value is -1.55. The second kappa shape index (κ2) is 7.35. The summed E-state index contributed by atoms with van der Waals surface area (Å²) in [6.07, 6.45) is 6.88. The lowest BCUT2D eigenvalue weighted by atomic mass is 9.80. The first kappa shape index (κ1) is 16.3. The highest BCUT2D eigenvalue weighted by atomic mass is 16.3. The molecule has 3 rings (SSSR count). The first-order valence-electron chi connectivity index (χ1n) is 8.88. The molecule has 4 heteroatoms. The summed E-state index contributed by atoms with van der Waals surface area (Å²) in [5.74, 6) is 0.255. The summed E-state index contributed by atoms with van der Waals surface area (Å²) >= 11 is 0. The van der Waals surface area contributed by atoms with Gasteiger partial charge >= 0.3 is 6.03 Å². The van der Waals surface area contributed by atoms with Crippen molar-refractivity contribution in [2.45, 2.75) is 38.5 Å². The van der Waals surface area contributed by atoms with Crippen LogP contribution < -0.4 is 5.32 Å². The standard InChI is InChI=1S/C19H28N2O2/c22-14-17-8-11-21(13-17)18(23)20-15-19(9-4-5-10-19)12-16-6-2-1-3-7-16/h1-3,6-7,17,22H,4-5,8-15H2,(H,20,23). The number of hydrogen-bond donors (Lipinski definition) is 2. The highest BCUT2D eigenvalue weighted by Gasteiger charge is 2.35. The molecule has 0 radical (unpaired) electrons. The first-order chi connectivity index (χ1) is 11.2. The van der Waals surface area contributed by atoms with Crippen molar-refractivity contribution < 1.29 is 9.90 Å². The van der Waals surface area contributed by atoms with Crippen LogP contribution in [0.1, 0.15) is 37.7 Å². The molecule has 2 amide bonds. The number of aliphatic hydroxyl groups is 1. The molecular weight excluding hydrogens is 288 g/mol. The van der Waals surface area contributed by atoms with Crippen molar-refractivity contribution in [3.05, 3.63) is 35.9 Å². The van der Waals surface area contributed by atoms with Crippen molar-refractivity contribution in [3.8, 4) is 0 Å². The number of carbonyl (C=O) groups excluding carboxylic acids is 1. The Kier molecular flexibility index (Phi) is 5.21. The van der Waals surface area contributed by atoms with Crippen molar-refractivity contribution in [1.29, 1.82) is 0 Å². The zero-order valence-electron chi connectivity index (χ0n) is 13.8. The second-order valence-electron chi connectivity index (χ2n) is 7.31. The highest BCUT2D eigenvalue weighted by molar-refractivity contribution is 5.74. The fourth-order valence-electron chi connectivity index (χ4n) is 4.11. The minimum atomic E-state index is 0.0419. The van der Waals surface area contributed by atoms with E-state index in [0.29, 0.717) is 6.54 Å². The van der Waals surface area contributed by atoms with E-state index in [4.69, 9.17) is 0 Å². The molecule has 1 saturated carbocycles. The van der Waals surface area contributed by atoms with Crippen LogP contribution in [0.3, 0.4) is 0 Å². The van der Waals surface area contributed by atoms with Crippen molar-refractivity contribution in [1.82, 2.24) is 10.2 Å². The lowest BCUT2D eigenvalue weighted by Crippen LogP contribution is -2.44. The molecule has 2 fully saturated rings. The first-order valence-corrected chi connectivity index (χ1v) is 8.88. The molecule has 0 aromatic heterocycles. The molecule has 1 unspecified atom stereocenters. The Balaban J connectivity index is 1.56. The second-order valence-corrected chi connectivity index (χ2v) is 7.31. The van der Waals surface area contributed by atoms with Crippen LogP contribution >= 0.6 is 0 Å². The molecule has 23 heavy (non-hydrogen) atoms. The van der Waals surface area contributed by atoms with E-state index in [1.807, 2.05) is 4.90 Å². The van der Waals surface area contributed by atoms with Gasteiger partial charge in [-0.2, -0.15) is 0 Å². The number of nitrogens with zero attached hydrogens (tertiary/aromatic N) is 1. The average molecular weight is 316 g/mol. The van der Waals surface area contributed by atoms with Crippen LogP contribution in [0.25, 0.3) is 0 Å². The number of nitrogens with one attached hydrogen (secondary N) is 1. The van der Waals surface area contributed by atoms with Crippen LogP contribution in [0.15, 0.2) is 30.3 Å². The number of hydrogen-bond acceptors (Lipinski definition) is 2. The summed E-state index contributed by atoms with van der Waals surface area (Å²) in [4.78, 5) is 14.2. The zero-order chi connectivity index (χ0) is 16.1. The predicted octanol–water partition coefficient (Wildman–Crippen LogP) is 2.81. The molecule has 126 valence electrons. The minimum Gasteiger partial charge on any atom is -0.396 e. The third-order valence-corrected chi connectivity index (χ3v) is 5.53. The maximum absolute atomic E-state index is 12.4. The van der Waals surface area contributed by atoms with E-state index in [1.165, 1.54) is 31.2 Å². The summed E-state index contributed by atoms with van der Waals surface area (Å²) in [5, 5.41) is 12.4. The number of amides is 2. The molecule has 2 N–H and O–H groups in total. The van der Waals surface area contributed by atoms with Gasteiger partial charge in [-0.15, -0.1) is 0 Å². The predicted molar refractivity (Wildman–Crippen MR) is 91.2 cm³/mol. The summed E-state index contributed by atoms with van der Waals surface area (Å²) < 4.78 is 0. The monoisotopic (exact) mass is 316 g/mol. The molecule has 1 saturated heterocycles. The summed E-state index contributed by atoms with van der Waals surface area (Å²) in [5.41, 5.74) is 1.58. The number of likely N-dealkylation sites (tertiary alicyclic amines) is 1. The molecular formula is C19H28N2O2. The van der Waals surface area contributed by atoms with E-state index in [-0.39, 0.29) is 24.0 Å². The molecule has 1 aromatic rings. The van der Waals surface area contributed by atoms with Gasteiger partial charge in [-0.05, 0) is 36.7 Å². The van der Waals surface area contributed by atoms with Crippen LogP contribution in [0.2, 0.25) is 0 Å². The number of rotatable bonds is 5. The average Bonchev–Trinajstić information content (AvgIpc) is 3.23. The Morgan fingerprint density at radius 3 is 2.65 bits per heavy atom. The van der Waals surface area contributed by atoms with E-state index in [9.17, 15) is 9.90 Å². The van der Waals surface area contributed by atoms with Crippen LogP contribution in [-0.2, 0) is 6.42 Å². The lowest BCUT2D eigenvalue weighted by Gasteiger charge is -2.30. The van der Waals surface area contributed by atoms with Crippen LogP contribution in [0.4, 0.5) is 4.79 Å². The van der Waals surface area contributed by atoms with Gasteiger partial charge in [0.2, 0.25) is 0 Å². The Labute approximate surface area is 138 Å². The van der Waals surface area contributed by atoms with Crippen LogP contribution in [0.5, 0.6) is 0 Å². The summed E-state index contributed by atoms with van der Waals surface area (Å²) in [6, 6.07) is 10.7. The van der Waals surface area contributed by atoms with E-state index >= 15 is 0 Å². The zero-order valence-corrected chi connectivity index (χ0v) is 13.8. The Bertz CT molecular complexity index is 511. The van der Waals surface area contributed by atoms with Gasteiger partial charge in [0.25, 0.3) is 0 Å². The summed E-state index contributed by atoms with van der Waals surface area (Å²) in [7, 11) is 0. The largest absolute Gasteiger partial charge is 0.396 e. The maximum Gasteiger partial charge on any atom is 0.317 e.